The van der Waals surface area contributed by atoms with Gasteiger partial charge in [0.2, 0.25) is 0 Å². The van der Waals surface area contributed by atoms with Gasteiger partial charge in [0.1, 0.15) is 0 Å². The minimum Gasteiger partial charge on any atom is -0.357 e. The first-order valence-corrected chi connectivity index (χ1v) is 6.39. The summed E-state index contributed by atoms with van der Waals surface area (Å²) < 4.78 is 36.8. The zero-order valence-corrected chi connectivity index (χ0v) is 13.9. The van der Waals surface area contributed by atoms with Crippen LogP contribution >= 0.6 is 24.0 Å². The van der Waals surface area contributed by atoms with Crippen LogP contribution < -0.4 is 10.6 Å². The van der Waals surface area contributed by atoms with E-state index in [-0.39, 0.29) is 30.0 Å². The van der Waals surface area contributed by atoms with Crippen molar-refractivity contribution in [2.24, 2.45) is 4.99 Å². The summed E-state index contributed by atoms with van der Waals surface area (Å²) in [5, 5.41) is 6.21. The maximum Gasteiger partial charge on any atom is 0.401 e. The van der Waals surface area contributed by atoms with Crippen LogP contribution in [0.2, 0.25) is 0 Å². The van der Waals surface area contributed by atoms with E-state index in [2.05, 4.69) is 22.2 Å². The fourth-order valence-corrected chi connectivity index (χ4v) is 2.02. The van der Waals surface area contributed by atoms with Gasteiger partial charge >= 0.3 is 6.18 Å². The minimum absolute atomic E-state index is 0. The molecule has 8 heteroatoms. The maximum absolute atomic E-state index is 12.3. The van der Waals surface area contributed by atoms with Gasteiger partial charge in [-0.05, 0) is 13.3 Å². The molecule has 0 aliphatic carbocycles. The maximum atomic E-state index is 12.3. The summed E-state index contributed by atoms with van der Waals surface area (Å²) in [6, 6.07) is 0.00460. The molecule has 1 rings (SSSR count). The molecule has 1 atom stereocenters. The van der Waals surface area contributed by atoms with Crippen molar-refractivity contribution in [3.63, 3.8) is 0 Å². The number of nitrogens with zero attached hydrogens (tertiary/aromatic N) is 2. The molecule has 0 radical (unpaired) electrons. The van der Waals surface area contributed by atoms with E-state index in [1.807, 2.05) is 6.92 Å². The second kappa shape index (κ2) is 9.43. The Balaban J connectivity index is 0.00000361. The molecule has 0 amide bonds. The lowest BCUT2D eigenvalue weighted by atomic mass is 10.3. The van der Waals surface area contributed by atoms with Gasteiger partial charge in [-0.15, -0.1) is 30.6 Å². The van der Waals surface area contributed by atoms with Gasteiger partial charge in [0.25, 0.3) is 0 Å². The predicted octanol–water partition coefficient (Wildman–Crippen LogP) is 1.98. The van der Waals surface area contributed by atoms with E-state index in [0.29, 0.717) is 38.6 Å². The molecule has 1 aliphatic rings. The monoisotopic (exact) mass is 406 g/mol. The normalized spacial score (nSPS) is 20.4. The fourth-order valence-electron chi connectivity index (χ4n) is 2.02. The molecule has 1 unspecified atom stereocenters. The third-order valence-corrected chi connectivity index (χ3v) is 2.74. The molecular weight excluding hydrogens is 384 g/mol. The molecule has 20 heavy (non-hydrogen) atoms. The van der Waals surface area contributed by atoms with E-state index in [1.165, 1.54) is 4.90 Å². The molecular formula is C12H22F3IN4. The molecule has 0 aromatic rings. The smallest absolute Gasteiger partial charge is 0.357 e. The molecule has 1 saturated heterocycles. The highest BCUT2D eigenvalue weighted by Gasteiger charge is 2.34. The molecule has 0 saturated carbocycles. The van der Waals surface area contributed by atoms with Gasteiger partial charge in [-0.25, -0.2) is 4.99 Å². The van der Waals surface area contributed by atoms with Crippen molar-refractivity contribution in [2.45, 2.75) is 25.6 Å². The molecule has 0 aromatic heterocycles. The Morgan fingerprint density at radius 3 is 2.75 bits per heavy atom. The Morgan fingerprint density at radius 1 is 1.50 bits per heavy atom. The zero-order valence-electron chi connectivity index (χ0n) is 11.5. The van der Waals surface area contributed by atoms with Gasteiger partial charge in [-0.1, -0.05) is 6.08 Å². The van der Waals surface area contributed by atoms with Gasteiger partial charge in [-0.2, -0.15) is 13.2 Å². The number of likely N-dealkylation sites (tertiary alicyclic amines) is 1. The first-order valence-electron chi connectivity index (χ1n) is 6.39. The number of hydrogen-bond acceptors (Lipinski definition) is 2. The standard InChI is InChI=1S/C12H21F3N4.HI/c1-3-6-17-11(16-4-2)18-10-5-7-19(8-10)9-12(13,14)15;/h3,10H,1,4-9H2,2H3,(H2,16,17,18);1H. The number of hydrogen-bond donors (Lipinski definition) is 2. The van der Waals surface area contributed by atoms with Crippen molar-refractivity contribution in [1.29, 1.82) is 0 Å². The van der Waals surface area contributed by atoms with Crippen LogP contribution in [-0.4, -0.2) is 55.8 Å². The third-order valence-electron chi connectivity index (χ3n) is 2.74. The Kier molecular flexibility index (Phi) is 9.19. The Hall–Kier alpha value is -0.510. The summed E-state index contributed by atoms with van der Waals surface area (Å²) in [6.45, 7) is 6.71. The molecule has 0 bridgehead atoms. The van der Waals surface area contributed by atoms with Crippen molar-refractivity contribution < 1.29 is 13.2 Å². The SMILES string of the molecule is C=CCN=C(NCC)NC1CCN(CC(F)(F)F)C1.I. The van der Waals surface area contributed by atoms with Crippen molar-refractivity contribution in [3.05, 3.63) is 12.7 Å². The van der Waals surface area contributed by atoms with Crippen LogP contribution in [0.4, 0.5) is 13.2 Å². The van der Waals surface area contributed by atoms with Crippen LogP contribution in [0, 0.1) is 0 Å². The molecule has 0 spiro atoms. The Morgan fingerprint density at radius 2 is 2.20 bits per heavy atom. The fraction of sp³-hybridized carbons (Fsp3) is 0.750. The quantitative estimate of drug-likeness (QED) is 0.318. The first kappa shape index (κ1) is 19.5. The van der Waals surface area contributed by atoms with Gasteiger partial charge < -0.3 is 10.6 Å². The van der Waals surface area contributed by atoms with E-state index in [1.54, 1.807) is 6.08 Å². The van der Waals surface area contributed by atoms with E-state index in [9.17, 15) is 13.2 Å². The zero-order chi connectivity index (χ0) is 14.3. The lowest BCUT2D eigenvalue weighted by molar-refractivity contribution is -0.143. The lowest BCUT2D eigenvalue weighted by Crippen LogP contribution is -2.45. The van der Waals surface area contributed by atoms with Crippen molar-refractivity contribution in [2.75, 3.05) is 32.7 Å². The van der Waals surface area contributed by atoms with Gasteiger partial charge in [0, 0.05) is 25.7 Å². The molecule has 1 fully saturated rings. The van der Waals surface area contributed by atoms with Crippen LogP contribution in [0.3, 0.4) is 0 Å². The average molecular weight is 406 g/mol. The summed E-state index contributed by atoms with van der Waals surface area (Å²) >= 11 is 0. The number of guanidine groups is 1. The second-order valence-electron chi connectivity index (χ2n) is 4.49. The number of aliphatic imine (C=N–C) groups is 1. The summed E-state index contributed by atoms with van der Waals surface area (Å²) in [7, 11) is 0. The lowest BCUT2D eigenvalue weighted by Gasteiger charge is -2.19. The second-order valence-corrected chi connectivity index (χ2v) is 4.49. The number of rotatable bonds is 5. The van der Waals surface area contributed by atoms with Crippen LogP contribution in [0.15, 0.2) is 17.6 Å². The molecule has 2 N–H and O–H groups in total. The van der Waals surface area contributed by atoms with Crippen molar-refractivity contribution in [1.82, 2.24) is 15.5 Å². The highest BCUT2D eigenvalue weighted by atomic mass is 127. The van der Waals surface area contributed by atoms with E-state index < -0.39 is 12.7 Å². The molecule has 118 valence electrons. The van der Waals surface area contributed by atoms with E-state index >= 15 is 0 Å². The third kappa shape index (κ3) is 7.93. The summed E-state index contributed by atoms with van der Waals surface area (Å²) in [4.78, 5) is 5.64. The van der Waals surface area contributed by atoms with Crippen LogP contribution in [0.1, 0.15) is 13.3 Å². The van der Waals surface area contributed by atoms with Crippen molar-refractivity contribution in [3.8, 4) is 0 Å². The van der Waals surface area contributed by atoms with Gasteiger partial charge in [-0.3, -0.25) is 4.90 Å². The van der Waals surface area contributed by atoms with E-state index in [4.69, 9.17) is 0 Å². The largest absolute Gasteiger partial charge is 0.401 e. The molecule has 0 aromatic carbocycles. The summed E-state index contributed by atoms with van der Waals surface area (Å²) in [6.07, 6.45) is -1.77. The number of halogens is 4. The number of nitrogens with one attached hydrogen (secondary N) is 2. The highest BCUT2D eigenvalue weighted by Crippen LogP contribution is 2.19. The predicted molar refractivity (Wildman–Crippen MR) is 85.6 cm³/mol. The van der Waals surface area contributed by atoms with Gasteiger partial charge in [0.05, 0.1) is 13.1 Å². The van der Waals surface area contributed by atoms with Crippen LogP contribution in [-0.2, 0) is 0 Å². The summed E-state index contributed by atoms with van der Waals surface area (Å²) in [5.74, 6) is 0.626. The Labute approximate surface area is 134 Å². The number of alkyl halides is 3. The van der Waals surface area contributed by atoms with E-state index in [0.717, 1.165) is 0 Å². The highest BCUT2D eigenvalue weighted by molar-refractivity contribution is 14.0. The average Bonchev–Trinajstić information content (AvgIpc) is 2.71. The molecule has 4 nitrogen and oxygen atoms in total. The summed E-state index contributed by atoms with van der Waals surface area (Å²) in [5.41, 5.74) is 0. The first-order chi connectivity index (χ1) is 8.94. The molecule has 1 heterocycles. The van der Waals surface area contributed by atoms with Crippen molar-refractivity contribution >= 4 is 29.9 Å². The minimum atomic E-state index is -4.13. The topological polar surface area (TPSA) is 39.7 Å². The van der Waals surface area contributed by atoms with Gasteiger partial charge in [0.15, 0.2) is 5.96 Å². The van der Waals surface area contributed by atoms with Crippen LogP contribution in [0.5, 0.6) is 0 Å². The molecule has 1 aliphatic heterocycles. The Bertz CT molecular complexity index is 320. The van der Waals surface area contributed by atoms with Crippen LogP contribution in [0.25, 0.3) is 0 Å².